The highest BCUT2D eigenvalue weighted by Gasteiger charge is 2.18. The summed E-state index contributed by atoms with van der Waals surface area (Å²) in [6, 6.07) is 6.37. The van der Waals surface area contributed by atoms with E-state index in [4.69, 9.17) is 4.74 Å². The van der Waals surface area contributed by atoms with Crippen molar-refractivity contribution in [3.8, 4) is 5.75 Å². The molecule has 0 bridgehead atoms. The van der Waals surface area contributed by atoms with Crippen LogP contribution < -0.4 is 15.4 Å². The fourth-order valence-electron chi connectivity index (χ4n) is 2.27. The number of sulfone groups is 1. The van der Waals surface area contributed by atoms with E-state index < -0.39 is 21.7 Å². The molecule has 0 spiro atoms. The molecule has 0 aliphatic heterocycles. The number of anilines is 1. The van der Waals surface area contributed by atoms with Crippen molar-refractivity contribution in [2.24, 2.45) is 0 Å². The van der Waals surface area contributed by atoms with Gasteiger partial charge in [0, 0.05) is 12.7 Å². The molecule has 0 aliphatic carbocycles. The molecule has 28 heavy (non-hydrogen) atoms. The Labute approximate surface area is 168 Å². The number of hydrogen-bond acceptors (Lipinski definition) is 8. The Morgan fingerprint density at radius 1 is 1.21 bits per heavy atom. The lowest BCUT2D eigenvalue weighted by molar-refractivity contribution is -0.134. The zero-order valence-corrected chi connectivity index (χ0v) is 17.4. The smallest absolute Gasteiger partial charge is 0.311 e. The summed E-state index contributed by atoms with van der Waals surface area (Å²) in [4.78, 5) is 28.5. The molecule has 8 nitrogen and oxygen atoms in total. The minimum atomic E-state index is -3.39. The van der Waals surface area contributed by atoms with Crippen LogP contribution in [0.4, 0.5) is 5.13 Å². The summed E-state index contributed by atoms with van der Waals surface area (Å²) in [5.41, 5.74) is 0.166. The van der Waals surface area contributed by atoms with Gasteiger partial charge in [0.2, 0.25) is 0 Å². The van der Waals surface area contributed by atoms with Crippen molar-refractivity contribution in [3.05, 3.63) is 36.0 Å². The number of nitrogens with one attached hydrogen (secondary N) is 2. The van der Waals surface area contributed by atoms with Gasteiger partial charge in [-0.2, -0.15) is 0 Å². The van der Waals surface area contributed by atoms with Gasteiger partial charge in [0.25, 0.3) is 5.91 Å². The minimum Gasteiger partial charge on any atom is -0.426 e. The zero-order chi connectivity index (χ0) is 20.6. The first-order valence-corrected chi connectivity index (χ1v) is 11.5. The first-order chi connectivity index (χ1) is 13.3. The maximum atomic E-state index is 12.5. The van der Waals surface area contributed by atoms with Crippen molar-refractivity contribution in [2.45, 2.75) is 30.4 Å². The Hall–Kier alpha value is -2.30. The van der Waals surface area contributed by atoms with Crippen LogP contribution in [0.5, 0.6) is 5.75 Å². The standard InChI is InChI=1S/C18H23N3O5S2/c1-3-19-11-7-6-10-15(22)26-14-9-5-4-8-13(14)17(23)21-18-20-12-16(27-18)28(2,24)25/h4-5,8-9,12,19H,3,6-7,10-11H2,1-2H3,(H,20,21,23). The van der Waals surface area contributed by atoms with Gasteiger partial charge in [-0.15, -0.1) is 0 Å². The Balaban J connectivity index is 1.99. The predicted molar refractivity (Wildman–Crippen MR) is 108 cm³/mol. The summed E-state index contributed by atoms with van der Waals surface area (Å²) >= 11 is 0.855. The molecule has 0 aliphatic rings. The average molecular weight is 426 g/mol. The first-order valence-electron chi connectivity index (χ1n) is 8.79. The summed E-state index contributed by atoms with van der Waals surface area (Å²) in [7, 11) is -3.39. The van der Waals surface area contributed by atoms with E-state index in [9.17, 15) is 18.0 Å². The van der Waals surface area contributed by atoms with Crippen LogP contribution in [0.2, 0.25) is 0 Å². The molecule has 10 heteroatoms. The molecule has 1 amide bonds. The molecule has 1 aromatic carbocycles. The van der Waals surface area contributed by atoms with Crippen molar-refractivity contribution in [2.75, 3.05) is 24.7 Å². The van der Waals surface area contributed by atoms with Crippen LogP contribution >= 0.6 is 11.3 Å². The van der Waals surface area contributed by atoms with E-state index in [1.54, 1.807) is 12.1 Å². The minimum absolute atomic E-state index is 0.0556. The van der Waals surface area contributed by atoms with Gasteiger partial charge < -0.3 is 10.1 Å². The number of esters is 1. The van der Waals surface area contributed by atoms with E-state index in [2.05, 4.69) is 15.6 Å². The largest absolute Gasteiger partial charge is 0.426 e. The van der Waals surface area contributed by atoms with E-state index in [1.807, 2.05) is 6.92 Å². The van der Waals surface area contributed by atoms with Crippen LogP contribution in [-0.2, 0) is 14.6 Å². The maximum Gasteiger partial charge on any atom is 0.311 e. The quantitative estimate of drug-likeness (QED) is 0.341. The van der Waals surface area contributed by atoms with Crippen LogP contribution in [-0.4, -0.2) is 44.6 Å². The van der Waals surface area contributed by atoms with Gasteiger partial charge in [-0.25, -0.2) is 13.4 Å². The SMILES string of the molecule is CCNCCCCC(=O)Oc1ccccc1C(=O)Nc1ncc(S(C)(=O)=O)s1. The normalized spacial score (nSPS) is 11.2. The molecular weight excluding hydrogens is 402 g/mol. The fraction of sp³-hybridized carbons (Fsp3) is 0.389. The number of unbranched alkanes of at least 4 members (excludes halogenated alkanes) is 1. The number of para-hydroxylation sites is 1. The van der Waals surface area contributed by atoms with Crippen LogP contribution in [0.25, 0.3) is 0 Å². The lowest BCUT2D eigenvalue weighted by atomic mass is 10.2. The third-order valence-electron chi connectivity index (χ3n) is 3.66. The highest BCUT2D eigenvalue weighted by atomic mass is 32.2. The summed E-state index contributed by atoms with van der Waals surface area (Å²) in [5, 5.41) is 5.87. The fourth-order valence-corrected chi connectivity index (χ4v) is 3.90. The second kappa shape index (κ2) is 10.3. The molecule has 1 heterocycles. The highest BCUT2D eigenvalue weighted by Crippen LogP contribution is 2.25. The number of ether oxygens (including phenoxy) is 1. The second-order valence-electron chi connectivity index (χ2n) is 5.99. The highest BCUT2D eigenvalue weighted by molar-refractivity contribution is 7.92. The second-order valence-corrected chi connectivity index (χ2v) is 9.26. The van der Waals surface area contributed by atoms with Crippen molar-refractivity contribution >= 4 is 38.2 Å². The zero-order valence-electron chi connectivity index (χ0n) is 15.7. The number of thiazole rings is 1. The number of carbonyl (C=O) groups is 2. The van der Waals surface area contributed by atoms with Crippen molar-refractivity contribution in [1.82, 2.24) is 10.3 Å². The van der Waals surface area contributed by atoms with Gasteiger partial charge in [0.1, 0.15) is 9.96 Å². The molecular formula is C18H23N3O5S2. The lowest BCUT2D eigenvalue weighted by Crippen LogP contribution is -2.17. The van der Waals surface area contributed by atoms with Gasteiger partial charge in [-0.05, 0) is 38.1 Å². The topological polar surface area (TPSA) is 114 Å². The molecule has 0 fully saturated rings. The molecule has 1 aromatic heterocycles. The number of hydrogen-bond donors (Lipinski definition) is 2. The summed E-state index contributed by atoms with van der Waals surface area (Å²) in [6.07, 6.45) is 4.06. The van der Waals surface area contributed by atoms with E-state index in [0.717, 1.165) is 37.1 Å². The summed E-state index contributed by atoms with van der Waals surface area (Å²) in [6.45, 7) is 3.74. The lowest BCUT2D eigenvalue weighted by Gasteiger charge is -2.09. The molecule has 0 radical (unpaired) electrons. The molecule has 0 unspecified atom stereocenters. The van der Waals surface area contributed by atoms with Crippen LogP contribution in [0, 0.1) is 0 Å². The number of amides is 1. The number of carbonyl (C=O) groups excluding carboxylic acids is 2. The third-order valence-corrected chi connectivity index (χ3v) is 6.36. The Morgan fingerprint density at radius 3 is 2.64 bits per heavy atom. The van der Waals surface area contributed by atoms with E-state index in [-0.39, 0.29) is 27.1 Å². The first kappa shape index (κ1) is 22.0. The van der Waals surface area contributed by atoms with Gasteiger partial charge in [0.05, 0.1) is 11.8 Å². The number of benzene rings is 1. The van der Waals surface area contributed by atoms with Crippen molar-refractivity contribution in [3.63, 3.8) is 0 Å². The number of nitrogens with zero attached hydrogens (tertiary/aromatic N) is 1. The molecule has 2 rings (SSSR count). The Kier molecular flexibility index (Phi) is 8.09. The van der Waals surface area contributed by atoms with Crippen LogP contribution in [0.1, 0.15) is 36.5 Å². The third kappa shape index (κ3) is 6.70. The van der Waals surface area contributed by atoms with Crippen molar-refractivity contribution in [1.29, 1.82) is 0 Å². The molecule has 2 N–H and O–H groups in total. The van der Waals surface area contributed by atoms with E-state index in [0.29, 0.717) is 6.42 Å². The maximum absolute atomic E-state index is 12.5. The van der Waals surface area contributed by atoms with Gasteiger partial charge in [-0.1, -0.05) is 30.4 Å². The van der Waals surface area contributed by atoms with Gasteiger partial charge in [0.15, 0.2) is 15.0 Å². The van der Waals surface area contributed by atoms with E-state index >= 15 is 0 Å². The molecule has 0 saturated heterocycles. The Bertz CT molecular complexity index is 925. The number of rotatable bonds is 10. The molecule has 152 valence electrons. The van der Waals surface area contributed by atoms with Crippen molar-refractivity contribution < 1.29 is 22.7 Å². The van der Waals surface area contributed by atoms with Gasteiger partial charge >= 0.3 is 5.97 Å². The monoisotopic (exact) mass is 425 g/mol. The molecule has 2 aromatic rings. The van der Waals surface area contributed by atoms with Gasteiger partial charge in [-0.3, -0.25) is 14.9 Å². The van der Waals surface area contributed by atoms with Crippen LogP contribution in [0.3, 0.4) is 0 Å². The average Bonchev–Trinajstić information content (AvgIpc) is 3.11. The predicted octanol–water partition coefficient (Wildman–Crippen LogP) is 2.48. The van der Waals surface area contributed by atoms with E-state index in [1.165, 1.54) is 18.3 Å². The Morgan fingerprint density at radius 2 is 1.96 bits per heavy atom. The summed E-state index contributed by atoms with van der Waals surface area (Å²) < 4.78 is 28.4. The molecule has 0 atom stereocenters. The summed E-state index contributed by atoms with van der Waals surface area (Å²) in [5.74, 6) is -0.799. The number of aromatic nitrogens is 1. The molecule has 0 saturated carbocycles. The van der Waals surface area contributed by atoms with Crippen LogP contribution in [0.15, 0.2) is 34.7 Å².